The molecule has 0 aliphatic carbocycles. The van der Waals surface area contributed by atoms with E-state index >= 15 is 0 Å². The first kappa shape index (κ1) is 11.7. The molecule has 17 heavy (non-hydrogen) atoms. The summed E-state index contributed by atoms with van der Waals surface area (Å²) in [6, 6.07) is 8.23. The standard InChI is InChI=1S/C14H15FN2/c1-9-8-11(15)5-6-12(9)14(16)13-4-3-7-17-10(13)2/h3-8,14H,16H2,1-2H3. The van der Waals surface area contributed by atoms with Crippen molar-refractivity contribution in [2.75, 3.05) is 0 Å². The van der Waals surface area contributed by atoms with Crippen LogP contribution in [-0.2, 0) is 0 Å². The Morgan fingerprint density at radius 3 is 2.59 bits per heavy atom. The quantitative estimate of drug-likeness (QED) is 0.861. The van der Waals surface area contributed by atoms with Crippen molar-refractivity contribution in [1.82, 2.24) is 4.98 Å². The maximum atomic E-state index is 13.0. The zero-order chi connectivity index (χ0) is 12.4. The fraction of sp³-hybridized carbons (Fsp3) is 0.214. The summed E-state index contributed by atoms with van der Waals surface area (Å²) >= 11 is 0. The van der Waals surface area contributed by atoms with E-state index in [1.54, 1.807) is 12.3 Å². The highest BCUT2D eigenvalue weighted by Crippen LogP contribution is 2.24. The van der Waals surface area contributed by atoms with E-state index in [-0.39, 0.29) is 11.9 Å². The van der Waals surface area contributed by atoms with Crippen LogP contribution in [0.4, 0.5) is 4.39 Å². The van der Waals surface area contributed by atoms with E-state index in [0.717, 1.165) is 22.4 Å². The van der Waals surface area contributed by atoms with Crippen LogP contribution in [0.15, 0.2) is 36.5 Å². The van der Waals surface area contributed by atoms with E-state index in [0.29, 0.717) is 0 Å². The van der Waals surface area contributed by atoms with Gasteiger partial charge in [0.2, 0.25) is 0 Å². The third-order valence-electron chi connectivity index (χ3n) is 2.95. The topological polar surface area (TPSA) is 38.9 Å². The molecule has 3 heteroatoms. The van der Waals surface area contributed by atoms with Crippen molar-refractivity contribution < 1.29 is 4.39 Å². The Bertz CT molecular complexity index is 537. The Morgan fingerprint density at radius 1 is 1.18 bits per heavy atom. The first-order valence-corrected chi connectivity index (χ1v) is 5.52. The van der Waals surface area contributed by atoms with Crippen molar-refractivity contribution >= 4 is 0 Å². The Balaban J connectivity index is 2.44. The summed E-state index contributed by atoms with van der Waals surface area (Å²) in [5.41, 5.74) is 9.88. The van der Waals surface area contributed by atoms with Gasteiger partial charge in [-0.3, -0.25) is 4.98 Å². The number of nitrogens with two attached hydrogens (primary N) is 1. The number of aryl methyl sites for hydroxylation is 2. The highest BCUT2D eigenvalue weighted by Gasteiger charge is 2.14. The van der Waals surface area contributed by atoms with Crippen molar-refractivity contribution in [1.29, 1.82) is 0 Å². The fourth-order valence-corrected chi connectivity index (χ4v) is 1.98. The molecule has 0 bridgehead atoms. The minimum absolute atomic E-state index is 0.235. The monoisotopic (exact) mass is 230 g/mol. The number of aromatic nitrogens is 1. The number of benzene rings is 1. The van der Waals surface area contributed by atoms with Gasteiger partial charge in [0.15, 0.2) is 0 Å². The van der Waals surface area contributed by atoms with Crippen molar-refractivity contribution in [3.63, 3.8) is 0 Å². The average Bonchev–Trinajstić information content (AvgIpc) is 2.29. The van der Waals surface area contributed by atoms with Crippen LogP contribution in [0.1, 0.15) is 28.4 Å². The van der Waals surface area contributed by atoms with Crippen LogP contribution in [0.3, 0.4) is 0 Å². The Kier molecular flexibility index (Phi) is 3.20. The molecule has 0 aliphatic rings. The molecular weight excluding hydrogens is 215 g/mol. The number of hydrogen-bond acceptors (Lipinski definition) is 2. The minimum atomic E-state index is -0.260. The summed E-state index contributed by atoms with van der Waals surface area (Å²) in [5, 5.41) is 0. The van der Waals surface area contributed by atoms with Gasteiger partial charge in [-0.1, -0.05) is 12.1 Å². The van der Waals surface area contributed by atoms with Gasteiger partial charge in [0.25, 0.3) is 0 Å². The summed E-state index contributed by atoms with van der Waals surface area (Å²) in [6.07, 6.45) is 1.74. The number of nitrogens with zero attached hydrogens (tertiary/aromatic N) is 1. The van der Waals surface area contributed by atoms with Crippen LogP contribution in [0.5, 0.6) is 0 Å². The maximum Gasteiger partial charge on any atom is 0.123 e. The highest BCUT2D eigenvalue weighted by atomic mass is 19.1. The van der Waals surface area contributed by atoms with E-state index in [9.17, 15) is 4.39 Å². The van der Waals surface area contributed by atoms with Gasteiger partial charge >= 0.3 is 0 Å². The van der Waals surface area contributed by atoms with Crippen LogP contribution >= 0.6 is 0 Å². The van der Waals surface area contributed by atoms with Gasteiger partial charge in [-0.15, -0.1) is 0 Å². The molecule has 1 unspecified atom stereocenters. The maximum absolute atomic E-state index is 13.0. The van der Waals surface area contributed by atoms with Crippen LogP contribution in [0.2, 0.25) is 0 Å². The van der Waals surface area contributed by atoms with E-state index in [1.807, 2.05) is 26.0 Å². The lowest BCUT2D eigenvalue weighted by Crippen LogP contribution is -2.15. The van der Waals surface area contributed by atoms with Gasteiger partial charge in [-0.25, -0.2) is 4.39 Å². The molecule has 0 radical (unpaired) electrons. The molecular formula is C14H15FN2. The van der Waals surface area contributed by atoms with Gasteiger partial charge in [-0.05, 0) is 48.7 Å². The normalized spacial score (nSPS) is 12.5. The minimum Gasteiger partial charge on any atom is -0.320 e. The molecule has 2 nitrogen and oxygen atoms in total. The average molecular weight is 230 g/mol. The largest absolute Gasteiger partial charge is 0.320 e. The van der Waals surface area contributed by atoms with Gasteiger partial charge in [-0.2, -0.15) is 0 Å². The van der Waals surface area contributed by atoms with Crippen LogP contribution in [-0.4, -0.2) is 4.98 Å². The van der Waals surface area contributed by atoms with Gasteiger partial charge < -0.3 is 5.73 Å². The van der Waals surface area contributed by atoms with E-state index in [4.69, 9.17) is 5.73 Å². The summed E-state index contributed by atoms with van der Waals surface area (Å²) in [6.45, 7) is 3.79. The summed E-state index contributed by atoms with van der Waals surface area (Å²) < 4.78 is 13.0. The van der Waals surface area contributed by atoms with Crippen molar-refractivity contribution in [2.45, 2.75) is 19.9 Å². The molecule has 1 atom stereocenters. The van der Waals surface area contributed by atoms with Crippen LogP contribution in [0.25, 0.3) is 0 Å². The SMILES string of the molecule is Cc1cc(F)ccc1C(N)c1cccnc1C. The van der Waals surface area contributed by atoms with Crippen molar-refractivity contribution in [3.05, 3.63) is 64.7 Å². The molecule has 0 amide bonds. The molecule has 0 saturated carbocycles. The molecule has 0 spiro atoms. The molecule has 1 heterocycles. The lowest BCUT2D eigenvalue weighted by Gasteiger charge is -2.16. The third-order valence-corrected chi connectivity index (χ3v) is 2.95. The number of rotatable bonds is 2. The highest BCUT2D eigenvalue weighted by molar-refractivity contribution is 5.37. The van der Waals surface area contributed by atoms with Gasteiger partial charge in [0.05, 0.1) is 6.04 Å². The number of hydrogen-bond donors (Lipinski definition) is 1. The zero-order valence-electron chi connectivity index (χ0n) is 9.94. The van der Waals surface area contributed by atoms with E-state index < -0.39 is 0 Å². The summed E-state index contributed by atoms with van der Waals surface area (Å²) in [4.78, 5) is 4.22. The molecule has 0 aliphatic heterocycles. The summed E-state index contributed by atoms with van der Waals surface area (Å²) in [5.74, 6) is -0.235. The van der Waals surface area contributed by atoms with Gasteiger partial charge in [0, 0.05) is 11.9 Å². The lowest BCUT2D eigenvalue weighted by atomic mass is 9.95. The Labute approximate surface area is 100 Å². The smallest absolute Gasteiger partial charge is 0.123 e. The first-order chi connectivity index (χ1) is 8.09. The third kappa shape index (κ3) is 2.34. The first-order valence-electron chi connectivity index (χ1n) is 5.52. The Hall–Kier alpha value is -1.74. The van der Waals surface area contributed by atoms with Crippen LogP contribution in [0, 0.1) is 19.7 Å². The van der Waals surface area contributed by atoms with Gasteiger partial charge in [0.1, 0.15) is 5.82 Å². The van der Waals surface area contributed by atoms with Crippen molar-refractivity contribution in [2.24, 2.45) is 5.73 Å². The zero-order valence-corrected chi connectivity index (χ0v) is 9.94. The Morgan fingerprint density at radius 2 is 1.94 bits per heavy atom. The fourth-order valence-electron chi connectivity index (χ4n) is 1.98. The molecule has 2 N–H and O–H groups in total. The molecule has 0 fully saturated rings. The second kappa shape index (κ2) is 4.63. The molecule has 2 aromatic rings. The predicted molar refractivity (Wildman–Crippen MR) is 66.1 cm³/mol. The van der Waals surface area contributed by atoms with Crippen LogP contribution < -0.4 is 5.73 Å². The second-order valence-corrected chi connectivity index (χ2v) is 4.16. The molecule has 1 aromatic heterocycles. The van der Waals surface area contributed by atoms with E-state index in [2.05, 4.69) is 4.98 Å². The molecule has 0 saturated heterocycles. The number of pyridine rings is 1. The molecule has 1 aromatic carbocycles. The lowest BCUT2D eigenvalue weighted by molar-refractivity contribution is 0.624. The summed E-state index contributed by atoms with van der Waals surface area (Å²) in [7, 11) is 0. The number of halogens is 1. The second-order valence-electron chi connectivity index (χ2n) is 4.16. The van der Waals surface area contributed by atoms with E-state index in [1.165, 1.54) is 12.1 Å². The molecule has 2 rings (SSSR count). The predicted octanol–water partition coefficient (Wildman–Crippen LogP) is 2.89. The molecule has 88 valence electrons. The van der Waals surface area contributed by atoms with Crippen molar-refractivity contribution in [3.8, 4) is 0 Å².